The summed E-state index contributed by atoms with van der Waals surface area (Å²) in [5.74, 6) is 1.10. The zero-order valence-electron chi connectivity index (χ0n) is 9.54. The van der Waals surface area contributed by atoms with E-state index in [0.717, 1.165) is 17.7 Å². The third-order valence-corrected chi connectivity index (χ3v) is 2.90. The molecule has 0 aliphatic heterocycles. The van der Waals surface area contributed by atoms with Crippen molar-refractivity contribution in [3.8, 4) is 5.75 Å². The van der Waals surface area contributed by atoms with Gasteiger partial charge in [-0.3, -0.25) is 0 Å². The molecule has 2 nitrogen and oxygen atoms in total. The summed E-state index contributed by atoms with van der Waals surface area (Å²) < 4.78 is 19.0. The molecule has 0 spiro atoms. The fraction of sp³-hybridized carbons (Fsp3) is 0.500. The van der Waals surface area contributed by atoms with Gasteiger partial charge in [-0.25, -0.2) is 4.39 Å². The smallest absolute Gasteiger partial charge is 0.165 e. The van der Waals surface area contributed by atoms with Crippen LogP contribution < -0.4 is 10.5 Å². The Bertz CT molecular complexity index is 320. The van der Waals surface area contributed by atoms with Crippen molar-refractivity contribution in [1.82, 2.24) is 0 Å². The average molecular weight is 243 g/mol. The lowest BCUT2D eigenvalue weighted by molar-refractivity contribution is 0.299. The zero-order valence-corrected chi connectivity index (χ0v) is 10.4. The highest BCUT2D eigenvalue weighted by molar-refractivity contribution is 7.98. The van der Waals surface area contributed by atoms with Crippen molar-refractivity contribution in [1.29, 1.82) is 0 Å². The number of halogens is 1. The zero-order chi connectivity index (χ0) is 11.8. The van der Waals surface area contributed by atoms with Crippen molar-refractivity contribution in [3.05, 3.63) is 29.6 Å². The van der Waals surface area contributed by atoms with Gasteiger partial charge < -0.3 is 10.5 Å². The number of hydrogen-bond donors (Lipinski definition) is 1. The van der Waals surface area contributed by atoms with Gasteiger partial charge in [0.25, 0.3) is 0 Å². The van der Waals surface area contributed by atoms with Crippen molar-refractivity contribution in [2.45, 2.75) is 12.8 Å². The molecule has 16 heavy (non-hydrogen) atoms. The number of hydrogen-bond acceptors (Lipinski definition) is 3. The van der Waals surface area contributed by atoms with E-state index in [1.165, 1.54) is 6.07 Å². The van der Waals surface area contributed by atoms with Gasteiger partial charge in [0.2, 0.25) is 0 Å². The van der Waals surface area contributed by atoms with Gasteiger partial charge in [0.1, 0.15) is 0 Å². The molecule has 0 amide bonds. The first-order valence-electron chi connectivity index (χ1n) is 5.38. The largest absolute Gasteiger partial charge is 0.490 e. The fourth-order valence-corrected chi connectivity index (χ4v) is 1.85. The van der Waals surface area contributed by atoms with Gasteiger partial charge in [0.15, 0.2) is 11.6 Å². The second kappa shape index (κ2) is 7.52. The minimum Gasteiger partial charge on any atom is -0.490 e. The van der Waals surface area contributed by atoms with Gasteiger partial charge in [-0.2, -0.15) is 11.8 Å². The number of benzene rings is 1. The maximum atomic E-state index is 13.5. The molecule has 0 unspecified atom stereocenters. The van der Waals surface area contributed by atoms with E-state index in [1.54, 1.807) is 17.8 Å². The molecular weight excluding hydrogens is 225 g/mol. The molecule has 0 aliphatic carbocycles. The van der Waals surface area contributed by atoms with Crippen LogP contribution in [0.5, 0.6) is 5.75 Å². The Balaban J connectivity index is 2.61. The monoisotopic (exact) mass is 243 g/mol. The van der Waals surface area contributed by atoms with E-state index < -0.39 is 0 Å². The predicted octanol–water partition coefficient (Wildman–Crippen LogP) is 2.46. The van der Waals surface area contributed by atoms with Crippen molar-refractivity contribution in [2.24, 2.45) is 5.73 Å². The Morgan fingerprint density at radius 3 is 2.94 bits per heavy atom. The molecule has 0 fully saturated rings. The van der Waals surface area contributed by atoms with E-state index in [1.807, 2.05) is 12.3 Å². The predicted molar refractivity (Wildman–Crippen MR) is 67.7 cm³/mol. The number of para-hydroxylation sites is 1. The molecule has 0 aliphatic rings. The third kappa shape index (κ3) is 4.02. The van der Waals surface area contributed by atoms with Crippen molar-refractivity contribution in [2.75, 3.05) is 25.2 Å². The highest BCUT2D eigenvalue weighted by Gasteiger charge is 2.08. The topological polar surface area (TPSA) is 35.2 Å². The lowest BCUT2D eigenvalue weighted by atomic mass is 10.1. The van der Waals surface area contributed by atoms with Crippen LogP contribution in [-0.2, 0) is 6.42 Å². The summed E-state index contributed by atoms with van der Waals surface area (Å²) in [7, 11) is 0. The van der Waals surface area contributed by atoms with Crippen LogP contribution in [0.1, 0.15) is 12.0 Å². The molecule has 0 saturated carbocycles. The number of ether oxygens (including phenoxy) is 1. The normalized spacial score (nSPS) is 10.4. The van der Waals surface area contributed by atoms with Gasteiger partial charge >= 0.3 is 0 Å². The van der Waals surface area contributed by atoms with Crippen molar-refractivity contribution < 1.29 is 9.13 Å². The standard InChI is InChI=1S/C12H18FNOS/c1-16-9-3-8-15-12-10(6-7-14)4-2-5-11(12)13/h2,4-5H,3,6-9,14H2,1H3. The summed E-state index contributed by atoms with van der Waals surface area (Å²) in [5.41, 5.74) is 6.33. The molecule has 1 rings (SSSR count). The first-order valence-corrected chi connectivity index (χ1v) is 6.78. The van der Waals surface area contributed by atoms with Crippen LogP contribution in [0.2, 0.25) is 0 Å². The molecule has 0 saturated heterocycles. The Hall–Kier alpha value is -0.740. The highest BCUT2D eigenvalue weighted by Crippen LogP contribution is 2.23. The first kappa shape index (κ1) is 13.3. The molecule has 0 heterocycles. The lowest BCUT2D eigenvalue weighted by Crippen LogP contribution is -2.07. The molecule has 0 radical (unpaired) electrons. The lowest BCUT2D eigenvalue weighted by Gasteiger charge is -2.11. The van der Waals surface area contributed by atoms with Gasteiger partial charge in [0.05, 0.1) is 6.61 Å². The molecular formula is C12H18FNOS. The Kier molecular flexibility index (Phi) is 6.26. The maximum absolute atomic E-state index is 13.5. The van der Waals surface area contributed by atoms with Crippen LogP contribution in [0.3, 0.4) is 0 Å². The van der Waals surface area contributed by atoms with Crippen LogP contribution in [0, 0.1) is 5.82 Å². The number of thioether (sulfide) groups is 1. The van der Waals surface area contributed by atoms with Gasteiger partial charge in [-0.15, -0.1) is 0 Å². The van der Waals surface area contributed by atoms with Gasteiger partial charge in [-0.1, -0.05) is 12.1 Å². The Morgan fingerprint density at radius 2 is 2.25 bits per heavy atom. The molecule has 1 aromatic carbocycles. The first-order chi connectivity index (χ1) is 7.79. The van der Waals surface area contributed by atoms with E-state index in [-0.39, 0.29) is 5.82 Å². The summed E-state index contributed by atoms with van der Waals surface area (Å²) in [6, 6.07) is 4.97. The van der Waals surface area contributed by atoms with E-state index in [4.69, 9.17) is 10.5 Å². The van der Waals surface area contributed by atoms with Crippen molar-refractivity contribution >= 4 is 11.8 Å². The Morgan fingerprint density at radius 1 is 1.44 bits per heavy atom. The van der Waals surface area contributed by atoms with E-state index in [9.17, 15) is 4.39 Å². The summed E-state index contributed by atoms with van der Waals surface area (Å²) in [6.07, 6.45) is 3.62. The molecule has 0 bridgehead atoms. The summed E-state index contributed by atoms with van der Waals surface area (Å²) in [5, 5.41) is 0. The van der Waals surface area contributed by atoms with Crippen molar-refractivity contribution in [3.63, 3.8) is 0 Å². The summed E-state index contributed by atoms with van der Waals surface area (Å²) >= 11 is 1.76. The van der Waals surface area contributed by atoms with Crippen LogP contribution in [0.25, 0.3) is 0 Å². The van der Waals surface area contributed by atoms with Crippen LogP contribution >= 0.6 is 11.8 Å². The van der Waals surface area contributed by atoms with Crippen LogP contribution in [-0.4, -0.2) is 25.2 Å². The van der Waals surface area contributed by atoms with Crippen LogP contribution in [0.15, 0.2) is 18.2 Å². The van der Waals surface area contributed by atoms with Gasteiger partial charge in [-0.05, 0) is 43.0 Å². The van der Waals surface area contributed by atoms with E-state index >= 15 is 0 Å². The van der Waals surface area contributed by atoms with E-state index in [2.05, 4.69) is 0 Å². The second-order valence-electron chi connectivity index (χ2n) is 3.46. The summed E-state index contributed by atoms with van der Waals surface area (Å²) in [4.78, 5) is 0. The van der Waals surface area contributed by atoms with Gasteiger partial charge in [0, 0.05) is 0 Å². The average Bonchev–Trinajstić information content (AvgIpc) is 2.28. The SMILES string of the molecule is CSCCCOc1c(F)cccc1CCN. The fourth-order valence-electron chi connectivity index (χ4n) is 1.45. The van der Waals surface area contributed by atoms with E-state index in [0.29, 0.717) is 25.3 Å². The molecule has 1 aromatic rings. The Labute approximate surface area is 100 Å². The quantitative estimate of drug-likeness (QED) is 0.747. The molecule has 0 aromatic heterocycles. The maximum Gasteiger partial charge on any atom is 0.165 e. The minimum absolute atomic E-state index is 0.296. The second-order valence-corrected chi connectivity index (χ2v) is 4.45. The number of rotatable bonds is 7. The molecule has 90 valence electrons. The molecule has 0 atom stereocenters. The van der Waals surface area contributed by atoms with Crippen LogP contribution in [0.4, 0.5) is 4.39 Å². The third-order valence-electron chi connectivity index (χ3n) is 2.20. The molecule has 2 N–H and O–H groups in total. The highest BCUT2D eigenvalue weighted by atomic mass is 32.2. The number of nitrogens with two attached hydrogens (primary N) is 1. The summed E-state index contributed by atoms with van der Waals surface area (Å²) in [6.45, 7) is 1.06. The molecule has 4 heteroatoms. The minimum atomic E-state index is -0.296.